The van der Waals surface area contributed by atoms with Gasteiger partial charge in [-0.1, -0.05) is 24.8 Å². The summed E-state index contributed by atoms with van der Waals surface area (Å²) < 4.78 is 23.4. The van der Waals surface area contributed by atoms with Crippen molar-refractivity contribution in [3.63, 3.8) is 0 Å². The molecule has 0 bridgehead atoms. The fourth-order valence-corrected chi connectivity index (χ4v) is 7.12. The minimum Gasteiger partial charge on any atom is -0.372 e. The summed E-state index contributed by atoms with van der Waals surface area (Å²) in [4.78, 5) is 28.3. The maximum absolute atomic E-state index is 12.5. The number of hydrogen-bond acceptors (Lipinski definition) is 8. The van der Waals surface area contributed by atoms with Crippen molar-refractivity contribution in [1.29, 1.82) is 0 Å². The molecular weight excluding hydrogens is 538 g/mol. The summed E-state index contributed by atoms with van der Waals surface area (Å²) in [6.45, 7) is 0. The number of nitrogens with one attached hydrogen (secondary N) is 3. The number of carbonyl (C=O) groups is 1. The Labute approximate surface area is 241 Å². The Morgan fingerprint density at radius 2 is 1.85 bits per heavy atom. The molecule has 10 nitrogen and oxygen atoms in total. The number of nitrogens with zero attached hydrogens (tertiary/aromatic N) is 4. The first kappa shape index (κ1) is 28.6. The first-order valence-electron chi connectivity index (χ1n) is 14.2. The van der Waals surface area contributed by atoms with Gasteiger partial charge in [0.05, 0.1) is 11.1 Å². The molecule has 11 heteroatoms. The number of amides is 2. The number of urea groups is 1. The SMILES string of the molecule is C#Cc1cc(NC(=O)NC2CCCC2)nc2nc(Nc3cccc(N(C)C4CCC(CS(C)(=O)=O)CC4)c3)ncc12. The highest BCUT2D eigenvalue weighted by Gasteiger charge is 2.26. The van der Waals surface area contributed by atoms with Gasteiger partial charge in [0.15, 0.2) is 5.65 Å². The van der Waals surface area contributed by atoms with Crippen molar-refractivity contribution in [1.82, 2.24) is 20.3 Å². The van der Waals surface area contributed by atoms with Gasteiger partial charge in [0.2, 0.25) is 5.95 Å². The highest BCUT2D eigenvalue weighted by atomic mass is 32.2. The van der Waals surface area contributed by atoms with E-state index < -0.39 is 9.84 Å². The van der Waals surface area contributed by atoms with Crippen LogP contribution in [0.5, 0.6) is 0 Å². The zero-order chi connectivity index (χ0) is 29.0. The second-order valence-electron chi connectivity index (χ2n) is 11.3. The Morgan fingerprint density at radius 3 is 2.56 bits per heavy atom. The highest BCUT2D eigenvalue weighted by Crippen LogP contribution is 2.32. The monoisotopic (exact) mass is 575 g/mol. The van der Waals surface area contributed by atoms with Crippen molar-refractivity contribution < 1.29 is 13.2 Å². The third-order valence-electron chi connectivity index (χ3n) is 8.07. The van der Waals surface area contributed by atoms with E-state index in [4.69, 9.17) is 6.42 Å². The van der Waals surface area contributed by atoms with Gasteiger partial charge in [-0.15, -0.1) is 6.42 Å². The molecule has 41 heavy (non-hydrogen) atoms. The van der Waals surface area contributed by atoms with Crippen molar-refractivity contribution in [2.24, 2.45) is 5.92 Å². The van der Waals surface area contributed by atoms with Gasteiger partial charge in [-0.25, -0.2) is 23.2 Å². The third kappa shape index (κ3) is 7.44. The number of terminal acetylenes is 1. The maximum Gasteiger partial charge on any atom is 0.320 e. The minimum absolute atomic E-state index is 0.186. The van der Waals surface area contributed by atoms with E-state index in [1.807, 2.05) is 18.2 Å². The lowest BCUT2D eigenvalue weighted by molar-refractivity contribution is 0.248. The van der Waals surface area contributed by atoms with Gasteiger partial charge in [-0.05, 0) is 68.7 Å². The first-order chi connectivity index (χ1) is 19.7. The van der Waals surface area contributed by atoms with Gasteiger partial charge < -0.3 is 15.5 Å². The maximum atomic E-state index is 12.5. The average Bonchev–Trinajstić information content (AvgIpc) is 3.44. The molecule has 0 atom stereocenters. The molecule has 2 aliphatic carbocycles. The summed E-state index contributed by atoms with van der Waals surface area (Å²) in [7, 11) is -0.869. The third-order valence-corrected chi connectivity index (χ3v) is 9.14. The zero-order valence-corrected chi connectivity index (χ0v) is 24.4. The van der Waals surface area contributed by atoms with E-state index in [1.165, 1.54) is 6.26 Å². The summed E-state index contributed by atoms with van der Waals surface area (Å²) in [5.74, 6) is 3.86. The number of sulfone groups is 1. The quantitative estimate of drug-likeness (QED) is 0.325. The van der Waals surface area contributed by atoms with Crippen LogP contribution in [0.4, 0.5) is 27.9 Å². The van der Waals surface area contributed by atoms with Crippen LogP contribution in [-0.4, -0.2) is 60.5 Å². The Bertz CT molecular complexity index is 1560. The molecule has 5 rings (SSSR count). The van der Waals surface area contributed by atoms with Crippen LogP contribution in [0.15, 0.2) is 36.5 Å². The van der Waals surface area contributed by atoms with E-state index in [-0.39, 0.29) is 23.7 Å². The summed E-state index contributed by atoms with van der Waals surface area (Å²) in [5, 5.41) is 9.68. The molecule has 3 N–H and O–H groups in total. The van der Waals surface area contributed by atoms with E-state index in [1.54, 1.807) is 12.3 Å². The van der Waals surface area contributed by atoms with Crippen LogP contribution < -0.4 is 20.9 Å². The van der Waals surface area contributed by atoms with E-state index in [0.29, 0.717) is 34.4 Å². The van der Waals surface area contributed by atoms with Crippen LogP contribution in [0, 0.1) is 18.3 Å². The van der Waals surface area contributed by atoms with Crippen molar-refractivity contribution in [2.45, 2.75) is 63.5 Å². The molecule has 0 saturated heterocycles. The van der Waals surface area contributed by atoms with Gasteiger partial charge in [-0.3, -0.25) is 5.32 Å². The lowest BCUT2D eigenvalue weighted by atomic mass is 9.86. The van der Waals surface area contributed by atoms with Gasteiger partial charge in [0.1, 0.15) is 15.7 Å². The molecule has 216 valence electrons. The molecule has 2 fully saturated rings. The highest BCUT2D eigenvalue weighted by molar-refractivity contribution is 7.90. The lowest BCUT2D eigenvalue weighted by Crippen LogP contribution is -2.36. The van der Waals surface area contributed by atoms with Crippen molar-refractivity contribution in [3.8, 4) is 12.3 Å². The number of benzene rings is 1. The number of pyridine rings is 1. The number of aromatic nitrogens is 3. The van der Waals surface area contributed by atoms with Crippen LogP contribution in [-0.2, 0) is 9.84 Å². The van der Waals surface area contributed by atoms with Crippen LogP contribution in [0.2, 0.25) is 0 Å². The largest absolute Gasteiger partial charge is 0.372 e. The molecule has 0 radical (unpaired) electrons. The fraction of sp³-hybridized carbons (Fsp3) is 0.467. The van der Waals surface area contributed by atoms with E-state index in [0.717, 1.165) is 62.7 Å². The van der Waals surface area contributed by atoms with Crippen molar-refractivity contribution in [2.75, 3.05) is 34.6 Å². The number of hydrogen-bond donors (Lipinski definition) is 3. The average molecular weight is 576 g/mol. The Morgan fingerprint density at radius 1 is 1.10 bits per heavy atom. The fourth-order valence-electron chi connectivity index (χ4n) is 5.93. The summed E-state index contributed by atoms with van der Waals surface area (Å²) in [5.41, 5.74) is 2.80. The van der Waals surface area contributed by atoms with Gasteiger partial charge >= 0.3 is 6.03 Å². The smallest absolute Gasteiger partial charge is 0.320 e. The predicted molar refractivity (Wildman–Crippen MR) is 163 cm³/mol. The van der Waals surface area contributed by atoms with Gasteiger partial charge in [0, 0.05) is 48.5 Å². The molecule has 2 saturated carbocycles. The normalized spacial score (nSPS) is 19.4. The Kier molecular flexibility index (Phi) is 8.59. The summed E-state index contributed by atoms with van der Waals surface area (Å²) >= 11 is 0. The van der Waals surface area contributed by atoms with Gasteiger partial charge in [-0.2, -0.15) is 4.98 Å². The van der Waals surface area contributed by atoms with Crippen molar-refractivity contribution in [3.05, 3.63) is 42.1 Å². The molecule has 0 unspecified atom stereocenters. The van der Waals surface area contributed by atoms with Crippen LogP contribution in [0.3, 0.4) is 0 Å². The predicted octanol–water partition coefficient (Wildman–Crippen LogP) is 4.85. The molecule has 2 aromatic heterocycles. The van der Waals surface area contributed by atoms with E-state index in [2.05, 4.69) is 54.8 Å². The Balaban J connectivity index is 1.27. The molecule has 3 aromatic rings. The van der Waals surface area contributed by atoms with Crippen LogP contribution >= 0.6 is 0 Å². The van der Waals surface area contributed by atoms with E-state index in [9.17, 15) is 13.2 Å². The molecular formula is C30H37N7O3S. The summed E-state index contributed by atoms with van der Waals surface area (Å²) in [6, 6.07) is 9.91. The Hall–Kier alpha value is -3.91. The number of fused-ring (bicyclic) bond motifs is 1. The number of rotatable bonds is 8. The topological polar surface area (TPSA) is 129 Å². The molecule has 0 aliphatic heterocycles. The second kappa shape index (κ2) is 12.3. The van der Waals surface area contributed by atoms with Crippen LogP contribution in [0.1, 0.15) is 56.9 Å². The summed E-state index contributed by atoms with van der Waals surface area (Å²) in [6.07, 6.45) is 16.7. The zero-order valence-electron chi connectivity index (χ0n) is 23.6. The molecule has 0 spiro atoms. The minimum atomic E-state index is -2.95. The van der Waals surface area contributed by atoms with E-state index >= 15 is 0 Å². The number of carbonyl (C=O) groups excluding carboxylic acids is 1. The second-order valence-corrected chi connectivity index (χ2v) is 13.4. The van der Waals surface area contributed by atoms with Crippen LogP contribution in [0.25, 0.3) is 11.0 Å². The molecule has 1 aromatic carbocycles. The molecule has 2 heterocycles. The molecule has 2 aliphatic rings. The standard InChI is InChI=1S/C30H37N7O3S/c1-4-21-16-27(35-30(38)33-22-8-5-6-9-22)34-28-26(21)18-31-29(36-28)32-23-10-7-11-25(17-23)37(2)24-14-12-20(13-15-24)19-41(3,39)40/h1,7,10-11,16-18,20,22,24H,5-6,8-9,12-15,19H2,2-3H3,(H3,31,32,33,34,35,36,38). The number of anilines is 4. The lowest BCUT2D eigenvalue weighted by Gasteiger charge is -2.36. The van der Waals surface area contributed by atoms with Crippen molar-refractivity contribution >= 4 is 50.0 Å². The van der Waals surface area contributed by atoms with Gasteiger partial charge in [0.25, 0.3) is 0 Å². The molecule has 2 amide bonds. The first-order valence-corrected chi connectivity index (χ1v) is 16.2.